The van der Waals surface area contributed by atoms with Gasteiger partial charge in [0.2, 0.25) is 11.4 Å². The summed E-state index contributed by atoms with van der Waals surface area (Å²) in [5, 5.41) is 3.02. The third kappa shape index (κ3) is 2.82. The van der Waals surface area contributed by atoms with Crippen LogP contribution in [0.4, 0.5) is 17.1 Å². The topological polar surface area (TPSA) is 49.2 Å². The maximum Gasteiger partial charge on any atom is 0.437 e. The highest BCUT2D eigenvalue weighted by atomic mass is 16.1. The third-order valence-electron chi connectivity index (χ3n) is 3.04. The number of nitrogens with one attached hydrogen (secondary N) is 1. The first-order chi connectivity index (χ1) is 9.65. The number of carbonyl (C=O) groups is 1. The molecule has 2 aromatic carbocycles. The lowest BCUT2D eigenvalue weighted by Gasteiger charge is -2.01. The number of hydrogen-bond donors (Lipinski definition) is 1. The van der Waals surface area contributed by atoms with Crippen molar-refractivity contribution in [3.63, 3.8) is 0 Å². The predicted octanol–water partition coefficient (Wildman–Crippen LogP) is 3.10. The van der Waals surface area contributed by atoms with Gasteiger partial charge in [-0.15, -0.1) is 0 Å². The number of ketones is 1. The smallest absolute Gasteiger partial charge is 0.388 e. The van der Waals surface area contributed by atoms with Crippen molar-refractivity contribution in [3.8, 4) is 0 Å². The molecule has 2 aromatic rings. The maximum absolute atomic E-state index is 11.2. The number of isocyanates is 1. The zero-order valence-corrected chi connectivity index (χ0v) is 11.4. The second kappa shape index (κ2) is 5.95. The zero-order valence-electron chi connectivity index (χ0n) is 11.4. The molecule has 0 saturated carbocycles. The van der Waals surface area contributed by atoms with Crippen molar-refractivity contribution < 1.29 is 9.59 Å². The Balaban J connectivity index is 2.37. The van der Waals surface area contributed by atoms with Crippen molar-refractivity contribution in [2.45, 2.75) is 6.92 Å². The molecule has 0 aliphatic carbocycles. The Kier molecular flexibility index (Phi) is 4.08. The fraction of sp³-hybridized carbons (Fsp3) is 0.125. The Morgan fingerprint density at radius 3 is 1.90 bits per heavy atom. The number of nitrogens with zero attached hydrogens (tertiary/aromatic N) is 1. The summed E-state index contributed by atoms with van der Waals surface area (Å²) in [4.78, 5) is 22.4. The van der Waals surface area contributed by atoms with Gasteiger partial charge in [0.1, 0.15) is 0 Å². The number of benzene rings is 2. The van der Waals surface area contributed by atoms with Crippen molar-refractivity contribution in [1.82, 2.24) is 4.58 Å². The summed E-state index contributed by atoms with van der Waals surface area (Å²) >= 11 is 0. The highest BCUT2D eigenvalue weighted by Crippen LogP contribution is 2.22. The Bertz CT molecular complexity index is 667. The summed E-state index contributed by atoms with van der Waals surface area (Å²) < 4.78 is 1.41. The Labute approximate surface area is 117 Å². The minimum Gasteiger partial charge on any atom is -0.388 e. The molecule has 4 nitrogen and oxygen atoms in total. The van der Waals surface area contributed by atoms with Gasteiger partial charge in [0.25, 0.3) is 0 Å². The van der Waals surface area contributed by atoms with Crippen LogP contribution in [0.5, 0.6) is 0 Å². The van der Waals surface area contributed by atoms with Gasteiger partial charge in [-0.05, 0) is 31.2 Å². The predicted molar refractivity (Wildman–Crippen MR) is 79.6 cm³/mol. The molecular weight excluding hydrogens is 252 g/mol. The molecule has 0 atom stereocenters. The Morgan fingerprint density at radius 1 is 1.00 bits per heavy atom. The molecule has 2 rings (SSSR count). The molecule has 1 N–H and O–H groups in total. The second-order valence-corrected chi connectivity index (χ2v) is 4.33. The van der Waals surface area contributed by atoms with Crippen molar-refractivity contribution >= 4 is 28.9 Å². The van der Waals surface area contributed by atoms with Crippen LogP contribution in [0.2, 0.25) is 0 Å². The first-order valence-electron chi connectivity index (χ1n) is 6.22. The monoisotopic (exact) mass is 267 g/mol. The summed E-state index contributed by atoms with van der Waals surface area (Å²) in [6.45, 7) is 1.51. The second-order valence-electron chi connectivity index (χ2n) is 4.33. The van der Waals surface area contributed by atoms with Crippen LogP contribution >= 0.6 is 0 Å². The van der Waals surface area contributed by atoms with Gasteiger partial charge in [-0.2, -0.15) is 4.79 Å². The lowest BCUT2D eigenvalue weighted by atomic mass is 10.1. The Morgan fingerprint density at radius 2 is 1.50 bits per heavy atom. The summed E-state index contributed by atoms with van der Waals surface area (Å²) in [5.74, 6) is -0.00319. The quantitative estimate of drug-likeness (QED) is 0.401. The summed E-state index contributed by atoms with van der Waals surface area (Å²) in [6, 6.07) is 14.3. The third-order valence-corrected chi connectivity index (χ3v) is 3.04. The molecule has 0 spiro atoms. The molecule has 0 aliphatic heterocycles. The lowest BCUT2D eigenvalue weighted by molar-refractivity contribution is 0.101. The lowest BCUT2D eigenvalue weighted by Crippen LogP contribution is -2.02. The number of Topliss-reactive ketones (excluding diaryl/α,β-unsaturated/α-hetero) is 1. The van der Waals surface area contributed by atoms with E-state index in [9.17, 15) is 9.59 Å². The Hall–Kier alpha value is -2.71. The highest BCUT2D eigenvalue weighted by molar-refractivity contribution is 5.94. The van der Waals surface area contributed by atoms with E-state index in [1.165, 1.54) is 11.5 Å². The summed E-state index contributed by atoms with van der Waals surface area (Å²) in [6.07, 6.45) is 1.90. The highest BCUT2D eigenvalue weighted by Gasteiger charge is 2.14. The van der Waals surface area contributed by atoms with Gasteiger partial charge in [-0.1, -0.05) is 4.58 Å². The number of hydrogen-bond acceptors (Lipinski definition) is 3. The van der Waals surface area contributed by atoms with E-state index < -0.39 is 0 Å². The van der Waals surface area contributed by atoms with Crippen LogP contribution in [0, 0.1) is 0 Å². The largest absolute Gasteiger partial charge is 0.437 e. The van der Waals surface area contributed by atoms with E-state index in [-0.39, 0.29) is 5.78 Å². The first kappa shape index (κ1) is 13.7. The fourth-order valence-electron chi connectivity index (χ4n) is 1.88. The van der Waals surface area contributed by atoms with Gasteiger partial charge in [0.15, 0.2) is 5.78 Å². The summed E-state index contributed by atoms with van der Waals surface area (Å²) in [5.41, 5.74) is 2.97. The molecule has 0 bridgehead atoms. The molecule has 0 unspecified atom stereocenters. The molecule has 0 fully saturated rings. The van der Waals surface area contributed by atoms with E-state index in [1.54, 1.807) is 24.3 Å². The minimum atomic E-state index is -0.00319. The van der Waals surface area contributed by atoms with E-state index in [0.29, 0.717) is 11.3 Å². The van der Waals surface area contributed by atoms with E-state index >= 15 is 0 Å². The number of anilines is 1. The standard InChI is InChI=1S/C16H15N2O2/c1-12(20)13-3-7-15(8-4-13)18(11-19)16-9-5-14(17-2)6-10-16/h3-10,17H,1-2H3/q+1. The van der Waals surface area contributed by atoms with Gasteiger partial charge in [0.05, 0.1) is 0 Å². The molecule has 0 aliphatic rings. The average Bonchev–Trinajstić information content (AvgIpc) is 2.49. The average molecular weight is 267 g/mol. The SMILES string of the molecule is CNc1ccc([N+](=C=O)c2ccc(C(C)=O)cc2)cc1. The van der Waals surface area contributed by atoms with Crippen LogP contribution in [0.1, 0.15) is 17.3 Å². The van der Waals surface area contributed by atoms with Gasteiger partial charge < -0.3 is 5.32 Å². The van der Waals surface area contributed by atoms with Crippen LogP contribution in [0.25, 0.3) is 0 Å². The van der Waals surface area contributed by atoms with Crippen LogP contribution in [-0.2, 0) is 4.79 Å². The van der Waals surface area contributed by atoms with Crippen LogP contribution in [0.15, 0.2) is 48.5 Å². The van der Waals surface area contributed by atoms with Gasteiger partial charge in [0, 0.05) is 42.6 Å². The van der Waals surface area contributed by atoms with E-state index in [1.807, 2.05) is 37.4 Å². The van der Waals surface area contributed by atoms with Gasteiger partial charge in [-0.3, -0.25) is 4.79 Å². The molecule has 20 heavy (non-hydrogen) atoms. The molecule has 0 radical (unpaired) electrons. The normalized spacial score (nSPS) is 9.70. The van der Waals surface area contributed by atoms with Crippen molar-refractivity contribution in [2.75, 3.05) is 12.4 Å². The first-order valence-corrected chi connectivity index (χ1v) is 6.22. The fourth-order valence-corrected chi connectivity index (χ4v) is 1.88. The summed E-state index contributed by atoms with van der Waals surface area (Å²) in [7, 11) is 1.83. The molecule has 0 aromatic heterocycles. The zero-order chi connectivity index (χ0) is 14.5. The van der Waals surface area contributed by atoms with E-state index in [4.69, 9.17) is 0 Å². The molecule has 0 heterocycles. The number of carbonyl (C=O) groups excluding carboxylic acids is 2. The van der Waals surface area contributed by atoms with E-state index in [0.717, 1.165) is 11.4 Å². The van der Waals surface area contributed by atoms with Crippen LogP contribution in [0.3, 0.4) is 0 Å². The molecular formula is C16H15N2O2+. The number of rotatable bonds is 4. The molecule has 4 heteroatoms. The molecule has 0 saturated heterocycles. The van der Waals surface area contributed by atoms with Crippen LogP contribution in [-0.4, -0.2) is 18.9 Å². The van der Waals surface area contributed by atoms with Crippen molar-refractivity contribution in [2.24, 2.45) is 0 Å². The minimum absolute atomic E-state index is 0.00319. The maximum atomic E-state index is 11.2. The van der Waals surface area contributed by atoms with Crippen molar-refractivity contribution in [1.29, 1.82) is 0 Å². The van der Waals surface area contributed by atoms with E-state index in [2.05, 4.69) is 5.32 Å². The van der Waals surface area contributed by atoms with Crippen LogP contribution < -0.4 is 9.89 Å². The molecule has 100 valence electrons. The van der Waals surface area contributed by atoms with Crippen molar-refractivity contribution in [3.05, 3.63) is 54.1 Å². The van der Waals surface area contributed by atoms with Gasteiger partial charge in [-0.25, -0.2) is 0 Å². The molecule has 0 amide bonds. The van der Waals surface area contributed by atoms with Gasteiger partial charge >= 0.3 is 6.08 Å².